The zero-order chi connectivity index (χ0) is 11.7. The molecule has 2 unspecified atom stereocenters. The summed E-state index contributed by atoms with van der Waals surface area (Å²) in [6, 6.07) is 0.725. The number of likely N-dealkylation sites (N-methyl/N-ethyl adjacent to an activating group) is 1. The lowest BCUT2D eigenvalue weighted by molar-refractivity contribution is -0.948. The first-order valence-corrected chi connectivity index (χ1v) is 6.25. The smallest absolute Gasteiger partial charge is 0.136 e. The maximum atomic E-state index is 5.28. The van der Waals surface area contributed by atoms with Crippen LogP contribution < -0.4 is 0 Å². The van der Waals surface area contributed by atoms with Gasteiger partial charge in [0.2, 0.25) is 0 Å². The van der Waals surface area contributed by atoms with Gasteiger partial charge >= 0.3 is 0 Å². The fraction of sp³-hybridized carbons (Fsp3) is 0.846. The minimum Gasteiger partial charge on any atom is -0.496 e. The molecule has 0 radical (unpaired) electrons. The molecule has 0 aliphatic heterocycles. The predicted molar refractivity (Wildman–Crippen MR) is 66.7 cm³/mol. The van der Waals surface area contributed by atoms with Gasteiger partial charge in [0.25, 0.3) is 0 Å². The van der Waals surface area contributed by atoms with E-state index in [2.05, 4.69) is 34.3 Å². The Hall–Kier alpha value is -0.500. The van der Waals surface area contributed by atoms with Gasteiger partial charge in [-0.05, 0) is 26.7 Å². The van der Waals surface area contributed by atoms with Gasteiger partial charge in [-0.3, -0.25) is 0 Å². The molecule has 0 spiro atoms. The number of ether oxygens (including phenoxy) is 1. The lowest BCUT2D eigenvalue weighted by atomic mass is 10.1. The summed E-state index contributed by atoms with van der Waals surface area (Å²) in [5.41, 5.74) is 0. The maximum absolute atomic E-state index is 5.28. The second kappa shape index (κ2) is 7.75. The van der Waals surface area contributed by atoms with Crippen LogP contribution in [0.3, 0.4) is 0 Å². The Morgan fingerprint density at radius 1 is 1.27 bits per heavy atom. The monoisotopic (exact) mass is 214 g/mol. The lowest BCUT2D eigenvalue weighted by Gasteiger charge is -2.42. The standard InChI is InChI=1S/C13H28NO/c1-6-10-14(8-3,13(5)7-2)11-12-15-9-4/h9,13H,4,6-8,10-12H2,1-3,5H3/q+1. The van der Waals surface area contributed by atoms with E-state index < -0.39 is 0 Å². The molecule has 0 amide bonds. The molecule has 0 aromatic heterocycles. The average molecular weight is 214 g/mol. The van der Waals surface area contributed by atoms with Gasteiger partial charge in [0.15, 0.2) is 0 Å². The maximum Gasteiger partial charge on any atom is 0.136 e. The Balaban J connectivity index is 4.41. The van der Waals surface area contributed by atoms with E-state index in [1.165, 1.54) is 30.4 Å². The summed E-state index contributed by atoms with van der Waals surface area (Å²) in [7, 11) is 0. The fourth-order valence-corrected chi connectivity index (χ4v) is 2.33. The van der Waals surface area contributed by atoms with Crippen LogP contribution in [0.5, 0.6) is 0 Å². The summed E-state index contributed by atoms with van der Waals surface area (Å²) >= 11 is 0. The highest BCUT2D eigenvalue weighted by molar-refractivity contribution is 4.54. The first-order chi connectivity index (χ1) is 7.16. The van der Waals surface area contributed by atoms with Crippen molar-refractivity contribution in [1.29, 1.82) is 0 Å². The number of hydrogen-bond acceptors (Lipinski definition) is 1. The van der Waals surface area contributed by atoms with E-state index in [1.807, 2.05) is 0 Å². The van der Waals surface area contributed by atoms with Crippen LogP contribution in [-0.2, 0) is 4.74 Å². The van der Waals surface area contributed by atoms with Crippen molar-refractivity contribution in [2.24, 2.45) is 0 Å². The molecule has 0 aliphatic carbocycles. The molecule has 2 atom stereocenters. The van der Waals surface area contributed by atoms with E-state index in [1.54, 1.807) is 6.26 Å². The van der Waals surface area contributed by atoms with Gasteiger partial charge in [0.05, 0.1) is 25.4 Å². The first kappa shape index (κ1) is 14.5. The molecule has 0 rings (SSSR count). The summed E-state index contributed by atoms with van der Waals surface area (Å²) in [6.07, 6.45) is 4.03. The number of rotatable bonds is 9. The number of quaternary nitrogens is 1. The number of hydrogen-bond donors (Lipinski definition) is 0. The highest BCUT2D eigenvalue weighted by Crippen LogP contribution is 2.17. The minimum atomic E-state index is 0.725. The van der Waals surface area contributed by atoms with E-state index in [9.17, 15) is 0 Å². The van der Waals surface area contributed by atoms with Gasteiger partial charge in [-0.1, -0.05) is 20.4 Å². The van der Waals surface area contributed by atoms with Crippen molar-refractivity contribution in [2.45, 2.75) is 46.6 Å². The molecule has 0 aromatic rings. The minimum absolute atomic E-state index is 0.725. The van der Waals surface area contributed by atoms with E-state index in [0.29, 0.717) is 0 Å². The quantitative estimate of drug-likeness (QED) is 0.325. The molecule has 0 fully saturated rings. The molecule has 0 aliphatic rings. The average Bonchev–Trinajstić information content (AvgIpc) is 2.27. The van der Waals surface area contributed by atoms with Crippen LogP contribution in [0.1, 0.15) is 40.5 Å². The van der Waals surface area contributed by atoms with Crippen LogP contribution in [0, 0.1) is 0 Å². The Morgan fingerprint density at radius 2 is 1.93 bits per heavy atom. The zero-order valence-electron chi connectivity index (χ0n) is 11.0. The third kappa shape index (κ3) is 4.25. The van der Waals surface area contributed by atoms with E-state index in [0.717, 1.165) is 19.2 Å². The molecule has 2 nitrogen and oxygen atoms in total. The zero-order valence-corrected chi connectivity index (χ0v) is 11.0. The molecule has 0 saturated heterocycles. The summed E-state index contributed by atoms with van der Waals surface area (Å²) < 4.78 is 6.46. The van der Waals surface area contributed by atoms with Gasteiger partial charge in [0, 0.05) is 0 Å². The predicted octanol–water partition coefficient (Wildman–Crippen LogP) is 3.19. The first-order valence-electron chi connectivity index (χ1n) is 6.25. The highest BCUT2D eigenvalue weighted by atomic mass is 16.5. The molecule has 2 heteroatoms. The summed E-state index contributed by atoms with van der Waals surface area (Å²) in [6.45, 7) is 17.1. The van der Waals surface area contributed by atoms with Crippen molar-refractivity contribution in [2.75, 3.05) is 26.2 Å². The van der Waals surface area contributed by atoms with Gasteiger partial charge < -0.3 is 9.22 Å². The van der Waals surface area contributed by atoms with E-state index in [-0.39, 0.29) is 0 Å². The van der Waals surface area contributed by atoms with Crippen LogP contribution in [-0.4, -0.2) is 36.8 Å². The molecule has 90 valence electrons. The highest BCUT2D eigenvalue weighted by Gasteiger charge is 2.29. The van der Waals surface area contributed by atoms with E-state index >= 15 is 0 Å². The molecule has 0 bridgehead atoms. The SMILES string of the molecule is C=COCC[N+](CC)(CCC)C(C)CC. The summed E-state index contributed by atoms with van der Waals surface area (Å²) in [4.78, 5) is 0. The van der Waals surface area contributed by atoms with Crippen molar-refractivity contribution < 1.29 is 9.22 Å². The molecule has 0 heterocycles. The molecule has 0 N–H and O–H groups in total. The van der Waals surface area contributed by atoms with Crippen LogP contribution in [0.2, 0.25) is 0 Å². The van der Waals surface area contributed by atoms with Crippen LogP contribution in [0.25, 0.3) is 0 Å². The summed E-state index contributed by atoms with van der Waals surface area (Å²) in [5, 5.41) is 0. The number of nitrogens with zero attached hydrogens (tertiary/aromatic N) is 1. The van der Waals surface area contributed by atoms with E-state index in [4.69, 9.17) is 4.74 Å². The van der Waals surface area contributed by atoms with Crippen LogP contribution in [0.15, 0.2) is 12.8 Å². The molecular formula is C13H28NO+. The third-order valence-electron chi connectivity index (χ3n) is 3.60. The largest absolute Gasteiger partial charge is 0.496 e. The van der Waals surface area contributed by atoms with Crippen molar-refractivity contribution in [3.8, 4) is 0 Å². The Kier molecular flexibility index (Phi) is 7.49. The third-order valence-corrected chi connectivity index (χ3v) is 3.60. The molecular weight excluding hydrogens is 186 g/mol. The second-order valence-electron chi connectivity index (χ2n) is 4.28. The Morgan fingerprint density at radius 3 is 2.33 bits per heavy atom. The Labute approximate surface area is 95.5 Å². The molecule has 0 aromatic carbocycles. The Bertz CT molecular complexity index is 170. The second-order valence-corrected chi connectivity index (χ2v) is 4.28. The fourth-order valence-electron chi connectivity index (χ4n) is 2.33. The van der Waals surface area contributed by atoms with Crippen molar-refractivity contribution in [3.63, 3.8) is 0 Å². The van der Waals surface area contributed by atoms with Crippen molar-refractivity contribution in [1.82, 2.24) is 0 Å². The molecule has 15 heavy (non-hydrogen) atoms. The topological polar surface area (TPSA) is 9.23 Å². The van der Waals surface area contributed by atoms with Gasteiger partial charge in [-0.15, -0.1) is 0 Å². The van der Waals surface area contributed by atoms with Crippen molar-refractivity contribution in [3.05, 3.63) is 12.8 Å². The van der Waals surface area contributed by atoms with Gasteiger partial charge in [-0.2, -0.15) is 0 Å². The van der Waals surface area contributed by atoms with Crippen molar-refractivity contribution >= 4 is 0 Å². The van der Waals surface area contributed by atoms with Crippen LogP contribution >= 0.6 is 0 Å². The molecule has 0 saturated carbocycles. The van der Waals surface area contributed by atoms with Gasteiger partial charge in [0.1, 0.15) is 13.2 Å². The normalized spacial score (nSPS) is 16.8. The lowest BCUT2D eigenvalue weighted by Crippen LogP contribution is -2.56. The van der Waals surface area contributed by atoms with Crippen LogP contribution in [0.4, 0.5) is 0 Å². The summed E-state index contributed by atoms with van der Waals surface area (Å²) in [5.74, 6) is 0. The van der Waals surface area contributed by atoms with Gasteiger partial charge in [-0.25, -0.2) is 0 Å².